The van der Waals surface area contributed by atoms with E-state index in [0.29, 0.717) is 5.88 Å². The highest BCUT2D eigenvalue weighted by Crippen LogP contribution is 2.17. The SMILES string of the molecule is COc1cc(CN2CCN(Cc3cccc([N+](=O)[O-])c3)CC2)ccn1. The smallest absolute Gasteiger partial charge is 0.269 e. The first kappa shape index (κ1) is 17.3. The Balaban J connectivity index is 1.51. The summed E-state index contributed by atoms with van der Waals surface area (Å²) in [6, 6.07) is 10.9. The molecule has 0 saturated carbocycles. The van der Waals surface area contributed by atoms with Crippen molar-refractivity contribution in [3.63, 3.8) is 0 Å². The van der Waals surface area contributed by atoms with Crippen LogP contribution in [-0.2, 0) is 13.1 Å². The van der Waals surface area contributed by atoms with E-state index in [2.05, 4.69) is 14.8 Å². The van der Waals surface area contributed by atoms with Gasteiger partial charge in [-0.15, -0.1) is 0 Å². The molecule has 3 rings (SSSR count). The van der Waals surface area contributed by atoms with E-state index in [1.165, 1.54) is 11.6 Å². The molecule has 1 aliphatic heterocycles. The zero-order chi connectivity index (χ0) is 17.6. The molecule has 1 aliphatic rings. The molecule has 7 heteroatoms. The Morgan fingerprint density at radius 2 is 1.72 bits per heavy atom. The van der Waals surface area contributed by atoms with E-state index in [0.717, 1.165) is 44.8 Å². The summed E-state index contributed by atoms with van der Waals surface area (Å²) in [5.41, 5.74) is 2.34. The summed E-state index contributed by atoms with van der Waals surface area (Å²) in [4.78, 5) is 19.4. The number of hydrogen-bond donors (Lipinski definition) is 0. The molecule has 1 aromatic carbocycles. The maximum Gasteiger partial charge on any atom is 0.269 e. The normalized spacial score (nSPS) is 15.9. The predicted molar refractivity (Wildman–Crippen MR) is 94.4 cm³/mol. The van der Waals surface area contributed by atoms with Crippen LogP contribution in [0.1, 0.15) is 11.1 Å². The van der Waals surface area contributed by atoms with Crippen molar-refractivity contribution in [2.24, 2.45) is 0 Å². The number of benzene rings is 1. The van der Waals surface area contributed by atoms with Crippen molar-refractivity contribution in [3.8, 4) is 5.88 Å². The molecule has 0 aliphatic carbocycles. The van der Waals surface area contributed by atoms with Crippen LogP contribution in [-0.4, -0.2) is 53.0 Å². The summed E-state index contributed by atoms with van der Waals surface area (Å²) in [7, 11) is 1.62. The van der Waals surface area contributed by atoms with Gasteiger partial charge in [-0.05, 0) is 17.2 Å². The van der Waals surface area contributed by atoms with E-state index in [1.807, 2.05) is 18.2 Å². The molecule has 1 aromatic heterocycles. The summed E-state index contributed by atoms with van der Waals surface area (Å²) in [5, 5.41) is 10.9. The van der Waals surface area contributed by atoms with Crippen molar-refractivity contribution < 1.29 is 9.66 Å². The molecule has 0 amide bonds. The second-order valence-electron chi connectivity index (χ2n) is 6.19. The van der Waals surface area contributed by atoms with Crippen molar-refractivity contribution >= 4 is 5.69 Å². The minimum Gasteiger partial charge on any atom is -0.481 e. The number of nitrogens with zero attached hydrogens (tertiary/aromatic N) is 4. The molecule has 0 unspecified atom stereocenters. The monoisotopic (exact) mass is 342 g/mol. The van der Waals surface area contributed by atoms with Gasteiger partial charge in [0.15, 0.2) is 0 Å². The van der Waals surface area contributed by atoms with E-state index < -0.39 is 0 Å². The third-order valence-corrected chi connectivity index (χ3v) is 4.41. The van der Waals surface area contributed by atoms with Gasteiger partial charge in [-0.25, -0.2) is 4.98 Å². The molecule has 132 valence electrons. The van der Waals surface area contributed by atoms with E-state index in [1.54, 1.807) is 25.4 Å². The van der Waals surface area contributed by atoms with Crippen LogP contribution in [0.25, 0.3) is 0 Å². The summed E-state index contributed by atoms with van der Waals surface area (Å²) in [6.07, 6.45) is 1.77. The van der Waals surface area contributed by atoms with Crippen molar-refractivity contribution in [3.05, 3.63) is 63.8 Å². The number of ether oxygens (including phenoxy) is 1. The molecule has 0 radical (unpaired) electrons. The number of hydrogen-bond acceptors (Lipinski definition) is 6. The third kappa shape index (κ3) is 4.74. The van der Waals surface area contributed by atoms with Crippen LogP contribution in [0, 0.1) is 10.1 Å². The van der Waals surface area contributed by atoms with Crippen LogP contribution in [0.5, 0.6) is 5.88 Å². The molecule has 0 bridgehead atoms. The average molecular weight is 342 g/mol. The fourth-order valence-corrected chi connectivity index (χ4v) is 3.05. The molecule has 0 spiro atoms. The average Bonchev–Trinajstić information content (AvgIpc) is 2.64. The number of rotatable bonds is 6. The lowest BCUT2D eigenvalue weighted by Gasteiger charge is -2.34. The number of aromatic nitrogens is 1. The quantitative estimate of drug-likeness (QED) is 0.593. The van der Waals surface area contributed by atoms with Gasteiger partial charge in [-0.3, -0.25) is 19.9 Å². The van der Waals surface area contributed by atoms with E-state index in [4.69, 9.17) is 4.74 Å². The molecule has 7 nitrogen and oxygen atoms in total. The van der Waals surface area contributed by atoms with Gasteiger partial charge in [-0.1, -0.05) is 12.1 Å². The Morgan fingerprint density at radius 3 is 2.32 bits per heavy atom. The molecule has 2 heterocycles. The van der Waals surface area contributed by atoms with Gasteiger partial charge in [0.2, 0.25) is 5.88 Å². The van der Waals surface area contributed by atoms with Gasteiger partial charge in [0, 0.05) is 63.7 Å². The van der Waals surface area contributed by atoms with E-state index in [9.17, 15) is 10.1 Å². The minimum atomic E-state index is -0.343. The number of nitro groups is 1. The standard InChI is InChI=1S/C18H22N4O3/c1-25-18-12-16(5-6-19-18)14-21-9-7-20(8-10-21)13-15-3-2-4-17(11-15)22(23)24/h2-6,11-12H,7-10,13-14H2,1H3. The zero-order valence-electron chi connectivity index (χ0n) is 14.3. The van der Waals surface area contributed by atoms with Gasteiger partial charge < -0.3 is 4.74 Å². The number of pyridine rings is 1. The van der Waals surface area contributed by atoms with Crippen LogP contribution in [0.15, 0.2) is 42.6 Å². The maximum atomic E-state index is 10.9. The van der Waals surface area contributed by atoms with Crippen LogP contribution in [0.4, 0.5) is 5.69 Å². The maximum absolute atomic E-state index is 10.9. The molecular formula is C18H22N4O3. The molecule has 1 saturated heterocycles. The van der Waals surface area contributed by atoms with Crippen molar-refractivity contribution in [2.75, 3.05) is 33.3 Å². The van der Waals surface area contributed by atoms with Crippen LogP contribution < -0.4 is 4.74 Å². The fourth-order valence-electron chi connectivity index (χ4n) is 3.05. The van der Waals surface area contributed by atoms with Gasteiger partial charge in [0.05, 0.1) is 12.0 Å². The number of nitro benzene ring substituents is 1. The molecule has 0 atom stereocenters. The van der Waals surface area contributed by atoms with E-state index >= 15 is 0 Å². The lowest BCUT2D eigenvalue weighted by Crippen LogP contribution is -2.45. The Labute approximate surface area is 147 Å². The zero-order valence-corrected chi connectivity index (χ0v) is 14.3. The number of non-ortho nitro benzene ring substituents is 1. The summed E-state index contributed by atoms with van der Waals surface area (Å²) >= 11 is 0. The Kier molecular flexibility index (Phi) is 5.57. The summed E-state index contributed by atoms with van der Waals surface area (Å²) in [6.45, 7) is 5.47. The minimum absolute atomic E-state index is 0.155. The van der Waals surface area contributed by atoms with Crippen LogP contribution in [0.3, 0.4) is 0 Å². The first-order chi connectivity index (χ1) is 12.1. The van der Waals surface area contributed by atoms with Crippen molar-refractivity contribution in [1.29, 1.82) is 0 Å². The van der Waals surface area contributed by atoms with Gasteiger partial charge in [0.25, 0.3) is 5.69 Å². The molecule has 2 aromatic rings. The topological polar surface area (TPSA) is 71.7 Å². The predicted octanol–water partition coefficient (Wildman–Crippen LogP) is 2.32. The highest BCUT2D eigenvalue weighted by molar-refractivity contribution is 5.34. The largest absolute Gasteiger partial charge is 0.481 e. The summed E-state index contributed by atoms with van der Waals surface area (Å²) in [5.74, 6) is 0.641. The van der Waals surface area contributed by atoms with Crippen molar-refractivity contribution in [1.82, 2.24) is 14.8 Å². The first-order valence-corrected chi connectivity index (χ1v) is 8.31. The first-order valence-electron chi connectivity index (χ1n) is 8.31. The molecule has 25 heavy (non-hydrogen) atoms. The van der Waals surface area contributed by atoms with Crippen molar-refractivity contribution in [2.45, 2.75) is 13.1 Å². The van der Waals surface area contributed by atoms with Gasteiger partial charge >= 0.3 is 0 Å². The second kappa shape index (κ2) is 8.04. The number of piperazine rings is 1. The lowest BCUT2D eigenvalue weighted by molar-refractivity contribution is -0.384. The summed E-state index contributed by atoms with van der Waals surface area (Å²) < 4.78 is 5.17. The Morgan fingerprint density at radius 1 is 1.08 bits per heavy atom. The Hall–Kier alpha value is -2.51. The van der Waals surface area contributed by atoms with E-state index in [-0.39, 0.29) is 10.6 Å². The third-order valence-electron chi connectivity index (χ3n) is 4.41. The highest BCUT2D eigenvalue weighted by Gasteiger charge is 2.18. The van der Waals surface area contributed by atoms with Crippen LogP contribution in [0.2, 0.25) is 0 Å². The molecular weight excluding hydrogens is 320 g/mol. The Bertz CT molecular complexity index is 730. The van der Waals surface area contributed by atoms with Gasteiger partial charge in [-0.2, -0.15) is 0 Å². The molecule has 1 fully saturated rings. The van der Waals surface area contributed by atoms with Crippen LogP contribution >= 0.6 is 0 Å². The highest BCUT2D eigenvalue weighted by atomic mass is 16.6. The fraction of sp³-hybridized carbons (Fsp3) is 0.389. The lowest BCUT2D eigenvalue weighted by atomic mass is 10.1. The van der Waals surface area contributed by atoms with Gasteiger partial charge in [0.1, 0.15) is 0 Å². The molecule has 0 N–H and O–H groups in total. The number of methoxy groups -OCH3 is 1. The second-order valence-corrected chi connectivity index (χ2v) is 6.19.